The Kier molecular flexibility index (Phi) is 4.16. The third kappa shape index (κ3) is 3.10. The van der Waals surface area contributed by atoms with Crippen LogP contribution in [-0.2, 0) is 9.59 Å². The number of carbonyl (C=O) groups is 2. The lowest BCUT2D eigenvalue weighted by atomic mass is 9.96. The molecular formula is C15H26N2O2. The number of nitrogens with zero attached hydrogens (tertiary/aromatic N) is 1. The van der Waals surface area contributed by atoms with Crippen molar-refractivity contribution in [3.8, 4) is 0 Å². The predicted octanol–water partition coefficient (Wildman–Crippen LogP) is 2.08. The molecule has 1 heterocycles. The summed E-state index contributed by atoms with van der Waals surface area (Å²) in [6.07, 6.45) is 7.62. The van der Waals surface area contributed by atoms with Crippen LogP contribution in [0.2, 0.25) is 0 Å². The summed E-state index contributed by atoms with van der Waals surface area (Å²) in [5, 5.41) is 2.79. The van der Waals surface area contributed by atoms with E-state index in [4.69, 9.17) is 0 Å². The minimum atomic E-state index is -0.753. The van der Waals surface area contributed by atoms with E-state index in [1.165, 1.54) is 32.1 Å². The zero-order valence-corrected chi connectivity index (χ0v) is 12.4. The molecular weight excluding hydrogens is 240 g/mol. The molecule has 4 heteroatoms. The fourth-order valence-electron chi connectivity index (χ4n) is 3.29. The first kappa shape index (κ1) is 14.4. The molecule has 2 aliphatic rings. The number of nitrogens with one attached hydrogen (secondary N) is 1. The summed E-state index contributed by atoms with van der Waals surface area (Å²) in [6.45, 7) is 6.09. The first-order chi connectivity index (χ1) is 8.92. The topological polar surface area (TPSA) is 49.4 Å². The van der Waals surface area contributed by atoms with E-state index >= 15 is 0 Å². The maximum Gasteiger partial charge on any atom is 0.248 e. The second kappa shape index (κ2) is 5.51. The largest absolute Gasteiger partial charge is 0.340 e. The molecule has 0 aromatic carbocycles. The highest BCUT2D eigenvalue weighted by atomic mass is 16.2. The quantitative estimate of drug-likeness (QED) is 0.847. The van der Waals surface area contributed by atoms with Crippen LogP contribution < -0.4 is 5.32 Å². The number of carbonyl (C=O) groups excluding carboxylic acids is 2. The number of hydrogen-bond donors (Lipinski definition) is 1. The third-order valence-electron chi connectivity index (χ3n) is 4.56. The van der Waals surface area contributed by atoms with Crippen molar-refractivity contribution in [3.05, 3.63) is 0 Å². The summed E-state index contributed by atoms with van der Waals surface area (Å²) in [5.74, 6) is 0.855. The predicted molar refractivity (Wildman–Crippen MR) is 74.6 cm³/mol. The highest BCUT2D eigenvalue weighted by Crippen LogP contribution is 2.29. The van der Waals surface area contributed by atoms with Crippen LogP contribution in [0.5, 0.6) is 0 Å². The van der Waals surface area contributed by atoms with Crippen molar-refractivity contribution in [1.29, 1.82) is 0 Å². The highest BCUT2D eigenvalue weighted by molar-refractivity contribution is 5.99. The van der Waals surface area contributed by atoms with Gasteiger partial charge in [0.2, 0.25) is 11.8 Å². The fourth-order valence-corrected chi connectivity index (χ4v) is 3.29. The summed E-state index contributed by atoms with van der Waals surface area (Å²) in [6, 6.07) is -0.330. The average Bonchev–Trinajstić information content (AvgIpc) is 2.84. The Balaban J connectivity index is 1.89. The van der Waals surface area contributed by atoms with E-state index < -0.39 is 5.54 Å². The lowest BCUT2D eigenvalue weighted by Gasteiger charge is -2.41. The zero-order valence-electron chi connectivity index (χ0n) is 12.4. The average molecular weight is 266 g/mol. The van der Waals surface area contributed by atoms with Crippen molar-refractivity contribution >= 4 is 11.8 Å². The molecule has 4 nitrogen and oxygen atoms in total. The van der Waals surface area contributed by atoms with Crippen molar-refractivity contribution < 1.29 is 9.59 Å². The SMILES string of the molecule is CC1C(=O)NC(C)(C)C(=O)N1CCCC1CCCC1. The third-order valence-corrected chi connectivity index (χ3v) is 4.56. The zero-order chi connectivity index (χ0) is 14.0. The van der Waals surface area contributed by atoms with Crippen LogP contribution in [0.1, 0.15) is 59.3 Å². The van der Waals surface area contributed by atoms with Crippen LogP contribution in [0.3, 0.4) is 0 Å². The minimum Gasteiger partial charge on any atom is -0.340 e. The summed E-state index contributed by atoms with van der Waals surface area (Å²) < 4.78 is 0. The molecule has 0 spiro atoms. The van der Waals surface area contributed by atoms with Gasteiger partial charge in [0.25, 0.3) is 0 Å². The van der Waals surface area contributed by atoms with E-state index in [1.807, 2.05) is 6.92 Å². The standard InChI is InChI=1S/C15H26N2O2/c1-11-13(18)16-15(2,3)14(19)17(11)10-6-9-12-7-4-5-8-12/h11-12H,4-10H2,1-3H3,(H,16,18). The Hall–Kier alpha value is -1.06. The van der Waals surface area contributed by atoms with Gasteiger partial charge in [-0.15, -0.1) is 0 Å². The molecule has 2 amide bonds. The van der Waals surface area contributed by atoms with Crippen LogP contribution in [0.25, 0.3) is 0 Å². The van der Waals surface area contributed by atoms with Crippen LogP contribution in [-0.4, -0.2) is 34.8 Å². The second-order valence-corrected chi connectivity index (χ2v) is 6.58. The van der Waals surface area contributed by atoms with E-state index in [-0.39, 0.29) is 17.9 Å². The number of rotatable bonds is 4. The van der Waals surface area contributed by atoms with Gasteiger partial charge < -0.3 is 10.2 Å². The van der Waals surface area contributed by atoms with Gasteiger partial charge in [0, 0.05) is 6.54 Å². The number of amides is 2. The summed E-state index contributed by atoms with van der Waals surface area (Å²) in [5.41, 5.74) is -0.753. The Morgan fingerprint density at radius 3 is 2.53 bits per heavy atom. The maximum absolute atomic E-state index is 12.3. The van der Waals surface area contributed by atoms with Gasteiger partial charge in [-0.05, 0) is 39.5 Å². The van der Waals surface area contributed by atoms with Crippen molar-refractivity contribution in [2.75, 3.05) is 6.54 Å². The van der Waals surface area contributed by atoms with Crippen LogP contribution >= 0.6 is 0 Å². The lowest BCUT2D eigenvalue weighted by Crippen LogP contribution is -2.67. The molecule has 0 radical (unpaired) electrons. The van der Waals surface area contributed by atoms with Gasteiger partial charge in [-0.1, -0.05) is 25.7 Å². The summed E-state index contributed by atoms with van der Waals surface area (Å²) in [4.78, 5) is 26.0. The lowest BCUT2D eigenvalue weighted by molar-refractivity contribution is -0.152. The molecule has 0 aromatic rings. The fraction of sp³-hybridized carbons (Fsp3) is 0.867. The molecule has 108 valence electrons. The molecule has 2 fully saturated rings. The molecule has 1 N–H and O–H groups in total. The van der Waals surface area contributed by atoms with E-state index in [9.17, 15) is 9.59 Å². The summed E-state index contributed by atoms with van der Waals surface area (Å²) in [7, 11) is 0. The maximum atomic E-state index is 12.3. The second-order valence-electron chi connectivity index (χ2n) is 6.58. The molecule has 0 bridgehead atoms. The van der Waals surface area contributed by atoms with E-state index in [0.29, 0.717) is 6.54 Å². The molecule has 1 unspecified atom stereocenters. The Bertz CT molecular complexity index is 359. The van der Waals surface area contributed by atoms with Gasteiger partial charge in [-0.2, -0.15) is 0 Å². The van der Waals surface area contributed by atoms with E-state index in [1.54, 1.807) is 18.7 Å². The summed E-state index contributed by atoms with van der Waals surface area (Å²) >= 11 is 0. The van der Waals surface area contributed by atoms with Gasteiger partial charge in [-0.3, -0.25) is 9.59 Å². The number of piperazine rings is 1. The Labute approximate surface area is 115 Å². The monoisotopic (exact) mass is 266 g/mol. The normalized spacial score (nSPS) is 27.7. The molecule has 1 saturated heterocycles. The van der Waals surface area contributed by atoms with Gasteiger partial charge in [0.05, 0.1) is 0 Å². The molecule has 2 rings (SSSR count). The molecule has 1 aliphatic heterocycles. The molecule has 1 saturated carbocycles. The van der Waals surface area contributed by atoms with Crippen molar-refractivity contribution in [2.45, 2.75) is 70.9 Å². The smallest absolute Gasteiger partial charge is 0.248 e. The number of hydrogen-bond acceptors (Lipinski definition) is 2. The van der Waals surface area contributed by atoms with Gasteiger partial charge in [-0.25, -0.2) is 0 Å². The van der Waals surface area contributed by atoms with Crippen LogP contribution in [0.15, 0.2) is 0 Å². The van der Waals surface area contributed by atoms with E-state index in [2.05, 4.69) is 5.32 Å². The molecule has 19 heavy (non-hydrogen) atoms. The molecule has 0 aromatic heterocycles. The molecule has 1 aliphatic carbocycles. The first-order valence-corrected chi connectivity index (χ1v) is 7.55. The van der Waals surface area contributed by atoms with E-state index in [0.717, 1.165) is 12.3 Å². The van der Waals surface area contributed by atoms with Gasteiger partial charge >= 0.3 is 0 Å². The Morgan fingerprint density at radius 1 is 1.26 bits per heavy atom. The van der Waals surface area contributed by atoms with Crippen LogP contribution in [0, 0.1) is 5.92 Å². The van der Waals surface area contributed by atoms with Crippen molar-refractivity contribution in [2.24, 2.45) is 5.92 Å². The van der Waals surface area contributed by atoms with Gasteiger partial charge in [0.15, 0.2) is 0 Å². The van der Waals surface area contributed by atoms with Crippen molar-refractivity contribution in [1.82, 2.24) is 10.2 Å². The highest BCUT2D eigenvalue weighted by Gasteiger charge is 2.42. The first-order valence-electron chi connectivity index (χ1n) is 7.55. The van der Waals surface area contributed by atoms with Crippen LogP contribution in [0.4, 0.5) is 0 Å². The van der Waals surface area contributed by atoms with Gasteiger partial charge in [0.1, 0.15) is 11.6 Å². The van der Waals surface area contributed by atoms with Crippen molar-refractivity contribution in [3.63, 3.8) is 0 Å². The molecule has 1 atom stereocenters. The minimum absolute atomic E-state index is 0.0366. The Morgan fingerprint density at radius 2 is 1.89 bits per heavy atom.